The van der Waals surface area contributed by atoms with E-state index in [0.717, 1.165) is 101 Å². The Labute approximate surface area is 438 Å². The predicted octanol–water partition coefficient (Wildman–Crippen LogP) is 7.30. The zero-order valence-electron chi connectivity index (χ0n) is 43.8. The number of halogens is 2. The molecule has 0 bridgehead atoms. The van der Waals surface area contributed by atoms with E-state index in [-0.39, 0.29) is 62.8 Å². The number of benzene rings is 3. The van der Waals surface area contributed by atoms with Gasteiger partial charge in [-0.05, 0) is 105 Å². The maximum Gasteiger partial charge on any atom is 0.319 e. The van der Waals surface area contributed by atoms with E-state index in [0.29, 0.717) is 74.6 Å². The van der Waals surface area contributed by atoms with Gasteiger partial charge in [-0.2, -0.15) is 9.97 Å². The molecular formula is C58H70F2N10O5. The van der Waals surface area contributed by atoms with Crippen LogP contribution in [0.15, 0.2) is 61.3 Å². The minimum atomic E-state index is -0.786. The summed E-state index contributed by atoms with van der Waals surface area (Å²) < 4.78 is 38.8. The number of likely N-dealkylation sites (N-methyl/N-ethyl adjacent to an activating group) is 1. The van der Waals surface area contributed by atoms with E-state index in [4.69, 9.17) is 21.1 Å². The van der Waals surface area contributed by atoms with Crippen LogP contribution in [0.3, 0.4) is 0 Å². The molecule has 15 nitrogen and oxygen atoms in total. The Balaban J connectivity index is 0.838. The number of aromatic nitrogens is 3. The summed E-state index contributed by atoms with van der Waals surface area (Å²) >= 11 is 0. The Bertz CT molecular complexity index is 2980. The molecule has 0 radical (unpaired) electrons. The molecule has 2 aromatic heterocycles. The fourth-order valence-corrected chi connectivity index (χ4v) is 11.4. The second kappa shape index (κ2) is 22.9. The third-order valence-electron chi connectivity index (χ3n) is 16.0. The van der Waals surface area contributed by atoms with Gasteiger partial charge in [0.25, 0.3) is 0 Å². The van der Waals surface area contributed by atoms with Crippen LogP contribution in [-0.2, 0) is 20.9 Å². The van der Waals surface area contributed by atoms with Crippen LogP contribution in [0.2, 0.25) is 0 Å². The van der Waals surface area contributed by atoms with E-state index in [1.165, 1.54) is 30.5 Å². The minimum absolute atomic E-state index is 0.0304. The number of phenols is 1. The molecule has 5 heterocycles. The average molecular weight is 1030 g/mol. The fourth-order valence-electron chi connectivity index (χ4n) is 11.4. The van der Waals surface area contributed by atoms with E-state index < -0.39 is 17.7 Å². The Hall–Kier alpha value is -6.90. The highest BCUT2D eigenvalue weighted by atomic mass is 19.1. The minimum Gasteiger partial charge on any atom is -0.508 e. The van der Waals surface area contributed by atoms with Crippen molar-refractivity contribution in [3.63, 3.8) is 0 Å². The Morgan fingerprint density at radius 3 is 2.47 bits per heavy atom. The molecule has 3 aliphatic heterocycles. The number of anilines is 2. The summed E-state index contributed by atoms with van der Waals surface area (Å²) in [6.07, 6.45) is 15.6. The van der Waals surface area contributed by atoms with Gasteiger partial charge in [-0.15, -0.1) is 13.0 Å². The first-order valence-corrected chi connectivity index (χ1v) is 26.5. The van der Waals surface area contributed by atoms with E-state index >= 15 is 8.78 Å². The van der Waals surface area contributed by atoms with Crippen molar-refractivity contribution in [3.8, 4) is 35.4 Å². The standard InChI is InChI=1S/C58H70F2N10O5/c1-7-10-11-49(56(74)61-6)69(37-71)34-42-28-43(14-12-38(42)4)67-20-16-40(17-21-67)33-65-22-24-66(25-23-65)35-58(18-19-58)36-75-57-63-54-47(55(64-57)68-26-27-70(39(5)32-68)50(73)9-3)31-62-53(52(54)60)46-30-44(72)29-41-13-15-48(59)45(8-2)51(41)46/h2,7,12-15,28-31,37,39-40,49,72H,1,9-11,16-27,32-36H2,3-6H3,(H,61,74)/t39-,49?/m0/s1. The highest BCUT2D eigenvalue weighted by molar-refractivity contribution is 6.03. The summed E-state index contributed by atoms with van der Waals surface area (Å²) in [6.45, 7) is 19.5. The van der Waals surface area contributed by atoms with Gasteiger partial charge in [-0.1, -0.05) is 31.1 Å². The molecule has 1 unspecified atom stereocenters. The Kier molecular flexibility index (Phi) is 16.2. The SMILES string of the molecule is C#Cc1c(F)ccc2cc(O)cc(-c3ncc4c(N5CCN(C(=O)CC)[C@@H](C)C5)nc(OCC5(CN6CCN(CC7CCN(c8ccc(C)c(CN(C=O)C(CCC=C)C(=O)NC)c8)CC7)CC6)CC5)nc4c3F)c12. The lowest BCUT2D eigenvalue weighted by Crippen LogP contribution is -2.54. The van der Waals surface area contributed by atoms with Crippen molar-refractivity contribution in [1.29, 1.82) is 0 Å². The van der Waals surface area contributed by atoms with Gasteiger partial charge in [0.05, 0.1) is 17.6 Å². The second-order valence-electron chi connectivity index (χ2n) is 21.1. The van der Waals surface area contributed by atoms with Crippen LogP contribution in [0.5, 0.6) is 11.8 Å². The summed E-state index contributed by atoms with van der Waals surface area (Å²) in [5.74, 6) is 1.74. The molecule has 2 atom stereocenters. The fraction of sp³-hybridized carbons (Fsp3) is 0.483. The molecule has 3 amide bonds. The van der Waals surface area contributed by atoms with Gasteiger partial charge in [0.1, 0.15) is 34.6 Å². The molecule has 2 N–H and O–H groups in total. The summed E-state index contributed by atoms with van der Waals surface area (Å²) in [5, 5.41) is 14.5. The normalized spacial score (nSPS) is 18.7. The number of hydrogen-bond acceptors (Lipinski definition) is 12. The van der Waals surface area contributed by atoms with Crippen LogP contribution in [0.1, 0.15) is 75.5 Å². The van der Waals surface area contributed by atoms with Crippen LogP contribution < -0.4 is 19.9 Å². The number of amides is 3. The first-order chi connectivity index (χ1) is 36.2. The van der Waals surface area contributed by atoms with Gasteiger partial charge in [-0.3, -0.25) is 19.4 Å². The number of carbonyl (C=O) groups excluding carboxylic acids is 3. The lowest BCUT2D eigenvalue weighted by molar-refractivity contribution is -0.133. The zero-order chi connectivity index (χ0) is 53.0. The van der Waals surface area contributed by atoms with Gasteiger partial charge in [-0.25, -0.2) is 8.78 Å². The maximum absolute atomic E-state index is 17.2. The van der Waals surface area contributed by atoms with E-state index in [1.807, 2.05) is 30.6 Å². The number of pyridine rings is 1. The molecule has 5 aromatic rings. The smallest absolute Gasteiger partial charge is 0.319 e. The third kappa shape index (κ3) is 11.5. The van der Waals surface area contributed by atoms with Gasteiger partial charge < -0.3 is 44.6 Å². The van der Waals surface area contributed by atoms with Crippen molar-refractivity contribution < 1.29 is 33.0 Å². The molecule has 4 fully saturated rings. The number of rotatable bonds is 19. The van der Waals surface area contributed by atoms with E-state index in [2.05, 4.69) is 55.7 Å². The van der Waals surface area contributed by atoms with Crippen LogP contribution >= 0.6 is 0 Å². The number of piperazine rings is 2. The monoisotopic (exact) mass is 1020 g/mol. The van der Waals surface area contributed by atoms with Gasteiger partial charge in [0.15, 0.2) is 5.82 Å². The van der Waals surface area contributed by atoms with Gasteiger partial charge in [0, 0.05) is 126 Å². The Morgan fingerprint density at radius 1 is 1.03 bits per heavy atom. The van der Waals surface area contributed by atoms with Crippen LogP contribution in [0.25, 0.3) is 32.9 Å². The van der Waals surface area contributed by atoms with Crippen LogP contribution in [0, 0.1) is 42.2 Å². The topological polar surface area (TPSA) is 151 Å². The number of nitrogens with one attached hydrogen (secondary N) is 1. The van der Waals surface area contributed by atoms with E-state index in [1.54, 1.807) is 18.0 Å². The van der Waals surface area contributed by atoms with Gasteiger partial charge in [0.2, 0.25) is 18.2 Å². The molecule has 17 heteroatoms. The zero-order valence-corrected chi connectivity index (χ0v) is 43.8. The number of hydrogen-bond donors (Lipinski definition) is 2. The highest BCUT2D eigenvalue weighted by Crippen LogP contribution is 2.47. The first-order valence-electron chi connectivity index (χ1n) is 26.5. The number of nitrogens with zero attached hydrogens (tertiary/aromatic N) is 9. The first kappa shape index (κ1) is 52.9. The largest absolute Gasteiger partial charge is 0.508 e. The number of aromatic hydroxyl groups is 1. The molecular weight excluding hydrogens is 955 g/mol. The molecule has 0 spiro atoms. The number of fused-ring (bicyclic) bond motifs is 2. The number of terminal acetylenes is 1. The van der Waals surface area contributed by atoms with Crippen LogP contribution in [-0.4, -0.2) is 156 Å². The van der Waals surface area contributed by atoms with Crippen molar-refractivity contribution >= 4 is 51.4 Å². The molecule has 1 aliphatic carbocycles. The van der Waals surface area contributed by atoms with Crippen molar-refractivity contribution in [2.75, 3.05) is 95.4 Å². The van der Waals surface area contributed by atoms with Crippen molar-refractivity contribution in [1.82, 2.24) is 39.9 Å². The van der Waals surface area contributed by atoms with Crippen molar-refractivity contribution in [2.45, 2.75) is 84.3 Å². The third-order valence-corrected chi connectivity index (χ3v) is 16.0. The number of aryl methyl sites for hydroxylation is 1. The molecule has 75 heavy (non-hydrogen) atoms. The van der Waals surface area contributed by atoms with Crippen molar-refractivity contribution in [3.05, 3.63) is 89.6 Å². The molecule has 4 aliphatic rings. The highest BCUT2D eigenvalue weighted by Gasteiger charge is 2.45. The molecule has 1 saturated carbocycles. The summed E-state index contributed by atoms with van der Waals surface area (Å²) in [4.78, 5) is 65.0. The molecule has 9 rings (SSSR count). The quantitative estimate of drug-likeness (QED) is 0.0486. The number of ether oxygens (including phenoxy) is 1. The summed E-state index contributed by atoms with van der Waals surface area (Å²) in [7, 11) is 1.60. The number of piperidine rings is 1. The second-order valence-corrected chi connectivity index (χ2v) is 21.1. The van der Waals surface area contributed by atoms with Crippen molar-refractivity contribution in [2.24, 2.45) is 11.3 Å². The Morgan fingerprint density at radius 2 is 1.79 bits per heavy atom. The maximum atomic E-state index is 17.2. The lowest BCUT2D eigenvalue weighted by Gasteiger charge is -2.40. The number of phenolic OH excluding ortho intramolecular Hbond substituents is 1. The lowest BCUT2D eigenvalue weighted by atomic mass is 9.95. The number of allylic oxidation sites excluding steroid dienone is 1. The molecule has 396 valence electrons. The molecule has 3 saturated heterocycles. The average Bonchev–Trinajstić information content (AvgIpc) is 4.19. The van der Waals surface area contributed by atoms with E-state index in [9.17, 15) is 19.5 Å². The summed E-state index contributed by atoms with van der Waals surface area (Å²) in [6, 6.07) is 11.3. The van der Waals surface area contributed by atoms with Gasteiger partial charge >= 0.3 is 6.01 Å². The predicted molar refractivity (Wildman–Crippen MR) is 289 cm³/mol. The van der Waals surface area contributed by atoms with Crippen LogP contribution in [0.4, 0.5) is 20.3 Å². The summed E-state index contributed by atoms with van der Waals surface area (Å²) in [5.41, 5.74) is 3.06. The number of carbonyl (C=O) groups is 3. The molecule has 3 aromatic carbocycles.